The van der Waals surface area contributed by atoms with E-state index in [2.05, 4.69) is 19.9 Å². The first-order valence-electron chi connectivity index (χ1n) is 7.23. The summed E-state index contributed by atoms with van der Waals surface area (Å²) in [6.45, 7) is 5.37. The van der Waals surface area contributed by atoms with Gasteiger partial charge >= 0.3 is 0 Å². The fourth-order valence-corrected chi connectivity index (χ4v) is 2.78. The van der Waals surface area contributed by atoms with Crippen molar-refractivity contribution in [3.05, 3.63) is 11.6 Å². The molecule has 0 spiro atoms. The average molecular weight is 238 g/mol. The fraction of sp³-hybridized carbons (Fsp3) is 0.867. The minimum atomic E-state index is 0.0578. The van der Waals surface area contributed by atoms with Crippen LogP contribution in [0, 0.1) is 5.92 Å². The van der Waals surface area contributed by atoms with Gasteiger partial charge in [0, 0.05) is 6.61 Å². The second-order valence-electron chi connectivity index (χ2n) is 5.65. The summed E-state index contributed by atoms with van der Waals surface area (Å²) < 4.78 is 11.8. The molecule has 2 aliphatic rings. The first kappa shape index (κ1) is 13.1. The van der Waals surface area contributed by atoms with Gasteiger partial charge in [0.2, 0.25) is 0 Å². The average Bonchev–Trinajstić information content (AvgIpc) is 2.32. The van der Waals surface area contributed by atoms with Crippen LogP contribution in [-0.2, 0) is 9.47 Å². The van der Waals surface area contributed by atoms with E-state index in [1.165, 1.54) is 44.1 Å². The van der Waals surface area contributed by atoms with Gasteiger partial charge in [0.05, 0.1) is 6.10 Å². The number of hydrogen-bond donors (Lipinski definition) is 0. The molecule has 1 saturated carbocycles. The van der Waals surface area contributed by atoms with Gasteiger partial charge in [-0.25, -0.2) is 0 Å². The highest BCUT2D eigenvalue weighted by Gasteiger charge is 2.24. The molecule has 2 nitrogen and oxygen atoms in total. The molecular formula is C15H26O2. The van der Waals surface area contributed by atoms with E-state index in [0.717, 1.165) is 13.0 Å². The molecule has 0 bridgehead atoms. The maximum atomic E-state index is 6.16. The van der Waals surface area contributed by atoms with Crippen molar-refractivity contribution in [3.8, 4) is 0 Å². The summed E-state index contributed by atoms with van der Waals surface area (Å²) in [4.78, 5) is 0. The van der Waals surface area contributed by atoms with Crippen molar-refractivity contribution in [3.63, 3.8) is 0 Å². The summed E-state index contributed by atoms with van der Waals surface area (Å²) in [5.41, 5.74) is 1.51. The van der Waals surface area contributed by atoms with Crippen molar-refractivity contribution in [2.45, 2.75) is 71.2 Å². The third-order valence-electron chi connectivity index (χ3n) is 3.60. The summed E-state index contributed by atoms with van der Waals surface area (Å²) in [6.07, 6.45) is 11.3. The molecule has 0 amide bonds. The normalized spacial score (nSPS) is 33.2. The summed E-state index contributed by atoms with van der Waals surface area (Å²) in [6, 6.07) is 0. The topological polar surface area (TPSA) is 18.5 Å². The van der Waals surface area contributed by atoms with Crippen LogP contribution in [0.4, 0.5) is 0 Å². The lowest BCUT2D eigenvalue weighted by atomic mass is 9.90. The minimum absolute atomic E-state index is 0.0578. The number of ether oxygens (including phenoxy) is 2. The van der Waals surface area contributed by atoms with E-state index < -0.39 is 0 Å². The van der Waals surface area contributed by atoms with E-state index in [4.69, 9.17) is 9.47 Å². The first-order valence-corrected chi connectivity index (χ1v) is 7.23. The number of rotatable bonds is 3. The predicted octanol–water partition coefficient (Wildman–Crippen LogP) is 4.05. The second kappa shape index (κ2) is 6.55. The third kappa shape index (κ3) is 4.11. The maximum Gasteiger partial charge on any atom is 0.158 e. The van der Waals surface area contributed by atoms with Gasteiger partial charge in [0.1, 0.15) is 0 Å². The molecule has 98 valence electrons. The van der Waals surface area contributed by atoms with E-state index in [0.29, 0.717) is 12.0 Å². The number of allylic oxidation sites excluding steroid dienone is 1. The summed E-state index contributed by atoms with van der Waals surface area (Å²) in [5, 5.41) is 0. The monoisotopic (exact) mass is 238 g/mol. The van der Waals surface area contributed by atoms with E-state index in [1.54, 1.807) is 0 Å². The van der Waals surface area contributed by atoms with Gasteiger partial charge in [-0.3, -0.25) is 0 Å². The zero-order valence-electron chi connectivity index (χ0n) is 11.3. The Balaban J connectivity index is 1.91. The first-order chi connectivity index (χ1) is 8.25. The highest BCUT2D eigenvalue weighted by atomic mass is 16.7. The Bertz CT molecular complexity index is 252. The van der Waals surface area contributed by atoms with Crippen molar-refractivity contribution >= 4 is 0 Å². The molecule has 0 radical (unpaired) electrons. The Morgan fingerprint density at radius 3 is 2.71 bits per heavy atom. The summed E-state index contributed by atoms with van der Waals surface area (Å²) in [5.74, 6) is 0.626. The van der Waals surface area contributed by atoms with E-state index >= 15 is 0 Å². The van der Waals surface area contributed by atoms with Gasteiger partial charge in [0.25, 0.3) is 0 Å². The molecule has 2 fully saturated rings. The Morgan fingerprint density at radius 1 is 1.18 bits per heavy atom. The van der Waals surface area contributed by atoms with Crippen molar-refractivity contribution in [1.29, 1.82) is 0 Å². The van der Waals surface area contributed by atoms with Gasteiger partial charge in [-0.2, -0.15) is 0 Å². The molecule has 1 heterocycles. The van der Waals surface area contributed by atoms with Crippen molar-refractivity contribution in [2.24, 2.45) is 5.92 Å². The lowest BCUT2D eigenvalue weighted by Gasteiger charge is -2.32. The zero-order valence-corrected chi connectivity index (χ0v) is 11.3. The SMILES string of the molecule is CC(C)/C=C1\CCCC[C@H]1O[C@@H]1CCCCO1. The minimum Gasteiger partial charge on any atom is -0.353 e. The van der Waals surface area contributed by atoms with Crippen LogP contribution in [0.15, 0.2) is 11.6 Å². The Hall–Kier alpha value is -0.340. The lowest BCUT2D eigenvalue weighted by Crippen LogP contribution is -2.30. The molecule has 0 aromatic rings. The van der Waals surface area contributed by atoms with Crippen molar-refractivity contribution in [2.75, 3.05) is 6.61 Å². The molecule has 1 aliphatic heterocycles. The van der Waals surface area contributed by atoms with Crippen molar-refractivity contribution in [1.82, 2.24) is 0 Å². The standard InChI is InChI=1S/C15H26O2/c1-12(2)11-13-7-3-4-8-14(13)17-15-9-5-6-10-16-15/h11-12,14-15H,3-10H2,1-2H3/b13-11+/t14-,15-/m1/s1. The largest absolute Gasteiger partial charge is 0.353 e. The molecule has 0 aromatic carbocycles. The van der Waals surface area contributed by atoms with Gasteiger partial charge in [-0.15, -0.1) is 0 Å². The fourth-order valence-electron chi connectivity index (χ4n) is 2.78. The molecule has 2 heteroatoms. The molecule has 1 saturated heterocycles. The summed E-state index contributed by atoms with van der Waals surface area (Å²) >= 11 is 0. The van der Waals surface area contributed by atoms with Crippen LogP contribution in [0.5, 0.6) is 0 Å². The molecule has 1 aliphatic carbocycles. The summed E-state index contributed by atoms with van der Waals surface area (Å²) in [7, 11) is 0. The second-order valence-corrected chi connectivity index (χ2v) is 5.65. The van der Waals surface area contributed by atoms with Gasteiger partial charge in [-0.1, -0.05) is 26.3 Å². The molecule has 2 atom stereocenters. The van der Waals surface area contributed by atoms with E-state index in [-0.39, 0.29) is 6.29 Å². The van der Waals surface area contributed by atoms with Crippen LogP contribution < -0.4 is 0 Å². The molecule has 0 aromatic heterocycles. The quantitative estimate of drug-likeness (QED) is 0.690. The Morgan fingerprint density at radius 2 is 2.00 bits per heavy atom. The van der Waals surface area contributed by atoms with E-state index in [9.17, 15) is 0 Å². The van der Waals surface area contributed by atoms with Gasteiger partial charge in [-0.05, 0) is 50.0 Å². The van der Waals surface area contributed by atoms with Gasteiger partial charge < -0.3 is 9.47 Å². The zero-order chi connectivity index (χ0) is 12.1. The molecule has 0 unspecified atom stereocenters. The predicted molar refractivity (Wildman–Crippen MR) is 69.9 cm³/mol. The highest BCUT2D eigenvalue weighted by molar-refractivity contribution is 5.12. The highest BCUT2D eigenvalue weighted by Crippen LogP contribution is 2.29. The van der Waals surface area contributed by atoms with E-state index in [1.807, 2.05) is 0 Å². The van der Waals surface area contributed by atoms with Crippen molar-refractivity contribution < 1.29 is 9.47 Å². The molecule has 0 N–H and O–H groups in total. The molecule has 17 heavy (non-hydrogen) atoms. The maximum absolute atomic E-state index is 6.16. The Kier molecular flexibility index (Phi) is 5.05. The van der Waals surface area contributed by atoms with Crippen LogP contribution in [0.2, 0.25) is 0 Å². The molecule has 2 rings (SSSR count). The van der Waals surface area contributed by atoms with Crippen LogP contribution in [0.3, 0.4) is 0 Å². The lowest BCUT2D eigenvalue weighted by molar-refractivity contribution is -0.183. The third-order valence-corrected chi connectivity index (χ3v) is 3.60. The molecular weight excluding hydrogens is 212 g/mol. The van der Waals surface area contributed by atoms with Crippen LogP contribution in [0.1, 0.15) is 58.8 Å². The Labute approximate surface area is 105 Å². The van der Waals surface area contributed by atoms with Gasteiger partial charge in [0.15, 0.2) is 6.29 Å². The van der Waals surface area contributed by atoms with Crippen LogP contribution in [0.25, 0.3) is 0 Å². The number of hydrogen-bond acceptors (Lipinski definition) is 2. The van der Waals surface area contributed by atoms with Crippen LogP contribution in [-0.4, -0.2) is 19.0 Å². The smallest absolute Gasteiger partial charge is 0.158 e. The van der Waals surface area contributed by atoms with Crippen LogP contribution >= 0.6 is 0 Å².